The number of hydrogen-bond donors (Lipinski definition) is 1. The van der Waals surface area contributed by atoms with Crippen molar-refractivity contribution in [2.75, 3.05) is 26.6 Å². The van der Waals surface area contributed by atoms with E-state index in [0.29, 0.717) is 28.5 Å². The standard InChI is InChI=1S/C21H23NO6/c1-14(21(24)22-16-9-5-6-10-17(16)25-2)28-19(23)13-12-15-8-7-11-18(26-3)20(15)27-4/h5-14H,1-4H3,(H,22,24)/b13-12+/t14-/m1/s1. The number of methoxy groups -OCH3 is 3. The minimum Gasteiger partial charge on any atom is -0.495 e. The van der Waals surface area contributed by atoms with Crippen LogP contribution in [0, 0.1) is 0 Å². The lowest BCUT2D eigenvalue weighted by atomic mass is 10.1. The minimum absolute atomic E-state index is 0.467. The van der Waals surface area contributed by atoms with Crippen molar-refractivity contribution in [2.45, 2.75) is 13.0 Å². The highest BCUT2D eigenvalue weighted by Gasteiger charge is 2.18. The Morgan fingerprint density at radius 3 is 2.29 bits per heavy atom. The fraction of sp³-hybridized carbons (Fsp3) is 0.238. The van der Waals surface area contributed by atoms with E-state index in [9.17, 15) is 9.59 Å². The van der Waals surface area contributed by atoms with Crippen LogP contribution < -0.4 is 19.5 Å². The van der Waals surface area contributed by atoms with E-state index in [0.717, 1.165) is 0 Å². The lowest BCUT2D eigenvalue weighted by Gasteiger charge is -2.14. The maximum atomic E-state index is 12.3. The van der Waals surface area contributed by atoms with Crippen molar-refractivity contribution in [3.8, 4) is 17.2 Å². The van der Waals surface area contributed by atoms with Crippen molar-refractivity contribution in [1.82, 2.24) is 0 Å². The smallest absolute Gasteiger partial charge is 0.331 e. The Morgan fingerprint density at radius 2 is 1.61 bits per heavy atom. The Bertz CT molecular complexity index is 862. The molecule has 2 aromatic carbocycles. The average Bonchev–Trinajstić information content (AvgIpc) is 2.71. The Labute approximate surface area is 163 Å². The number of esters is 1. The van der Waals surface area contributed by atoms with Crippen LogP contribution in [0.5, 0.6) is 17.2 Å². The molecule has 148 valence electrons. The Morgan fingerprint density at radius 1 is 0.929 bits per heavy atom. The van der Waals surface area contributed by atoms with E-state index < -0.39 is 18.0 Å². The predicted octanol–water partition coefficient (Wildman–Crippen LogP) is 3.30. The summed E-state index contributed by atoms with van der Waals surface area (Å²) in [6, 6.07) is 12.3. The van der Waals surface area contributed by atoms with Gasteiger partial charge in [-0.2, -0.15) is 0 Å². The van der Waals surface area contributed by atoms with E-state index in [1.807, 2.05) is 0 Å². The second-order valence-corrected chi connectivity index (χ2v) is 5.68. The van der Waals surface area contributed by atoms with Crippen molar-refractivity contribution in [3.63, 3.8) is 0 Å². The number of rotatable bonds is 8. The number of para-hydroxylation sites is 3. The Balaban J connectivity index is 2.00. The lowest BCUT2D eigenvalue weighted by molar-refractivity contribution is -0.148. The molecular formula is C21H23NO6. The summed E-state index contributed by atoms with van der Waals surface area (Å²) in [5.74, 6) is 0.427. The number of benzene rings is 2. The van der Waals surface area contributed by atoms with Crippen LogP contribution in [0.25, 0.3) is 6.08 Å². The van der Waals surface area contributed by atoms with Crippen LogP contribution in [0.15, 0.2) is 48.5 Å². The molecule has 0 unspecified atom stereocenters. The third-order valence-electron chi connectivity index (χ3n) is 3.86. The largest absolute Gasteiger partial charge is 0.495 e. The normalized spacial score (nSPS) is 11.6. The van der Waals surface area contributed by atoms with Gasteiger partial charge < -0.3 is 24.3 Å². The molecule has 0 saturated heterocycles. The molecule has 2 rings (SSSR count). The molecule has 0 heterocycles. The van der Waals surface area contributed by atoms with Crippen LogP contribution in [0.4, 0.5) is 5.69 Å². The molecular weight excluding hydrogens is 362 g/mol. The molecule has 0 bridgehead atoms. The molecule has 2 aromatic rings. The molecule has 0 aliphatic heterocycles. The van der Waals surface area contributed by atoms with Gasteiger partial charge in [0.25, 0.3) is 5.91 Å². The van der Waals surface area contributed by atoms with Gasteiger partial charge in [0.15, 0.2) is 17.6 Å². The number of carbonyl (C=O) groups excluding carboxylic acids is 2. The summed E-state index contributed by atoms with van der Waals surface area (Å²) in [5.41, 5.74) is 1.14. The first kappa shape index (κ1) is 20.8. The van der Waals surface area contributed by atoms with Crippen LogP contribution in [-0.2, 0) is 14.3 Å². The van der Waals surface area contributed by atoms with Crippen molar-refractivity contribution in [2.24, 2.45) is 0 Å². The van der Waals surface area contributed by atoms with E-state index in [-0.39, 0.29) is 0 Å². The highest BCUT2D eigenvalue weighted by atomic mass is 16.5. The predicted molar refractivity (Wildman–Crippen MR) is 106 cm³/mol. The highest BCUT2D eigenvalue weighted by molar-refractivity contribution is 5.97. The van der Waals surface area contributed by atoms with Gasteiger partial charge in [0.05, 0.1) is 27.0 Å². The van der Waals surface area contributed by atoms with Crippen molar-refractivity contribution < 1.29 is 28.5 Å². The molecule has 28 heavy (non-hydrogen) atoms. The zero-order valence-corrected chi connectivity index (χ0v) is 16.2. The zero-order chi connectivity index (χ0) is 20.5. The van der Waals surface area contributed by atoms with Gasteiger partial charge in [-0.3, -0.25) is 4.79 Å². The van der Waals surface area contributed by atoms with Gasteiger partial charge in [0, 0.05) is 11.6 Å². The van der Waals surface area contributed by atoms with Gasteiger partial charge in [0.2, 0.25) is 0 Å². The topological polar surface area (TPSA) is 83.1 Å². The van der Waals surface area contributed by atoms with Crippen LogP contribution in [-0.4, -0.2) is 39.3 Å². The van der Waals surface area contributed by atoms with Gasteiger partial charge in [-0.25, -0.2) is 4.79 Å². The molecule has 7 heteroatoms. The fourth-order valence-electron chi connectivity index (χ4n) is 2.45. The number of nitrogens with one attached hydrogen (secondary N) is 1. The molecule has 7 nitrogen and oxygen atoms in total. The first-order chi connectivity index (χ1) is 13.5. The van der Waals surface area contributed by atoms with Gasteiger partial charge >= 0.3 is 5.97 Å². The van der Waals surface area contributed by atoms with E-state index in [1.165, 1.54) is 40.4 Å². The summed E-state index contributed by atoms with van der Waals surface area (Å²) in [6.07, 6.45) is 1.77. The quantitative estimate of drug-likeness (QED) is 0.555. The van der Waals surface area contributed by atoms with E-state index in [1.54, 1.807) is 42.5 Å². The summed E-state index contributed by atoms with van der Waals surface area (Å²) < 4.78 is 20.9. The molecule has 0 spiro atoms. The number of carbonyl (C=O) groups is 2. The number of hydrogen-bond acceptors (Lipinski definition) is 6. The molecule has 0 aliphatic carbocycles. The molecule has 0 radical (unpaired) electrons. The van der Waals surface area contributed by atoms with Gasteiger partial charge in [-0.1, -0.05) is 24.3 Å². The fourth-order valence-corrected chi connectivity index (χ4v) is 2.45. The maximum Gasteiger partial charge on any atom is 0.331 e. The first-order valence-corrected chi connectivity index (χ1v) is 8.53. The number of amides is 1. The van der Waals surface area contributed by atoms with Crippen LogP contribution >= 0.6 is 0 Å². The Kier molecular flexibility index (Phi) is 7.45. The second kappa shape index (κ2) is 10.0. The van der Waals surface area contributed by atoms with Crippen LogP contribution in [0.2, 0.25) is 0 Å². The summed E-state index contributed by atoms with van der Waals surface area (Å²) >= 11 is 0. The summed E-state index contributed by atoms with van der Waals surface area (Å²) in [5, 5.41) is 2.67. The summed E-state index contributed by atoms with van der Waals surface area (Å²) in [6.45, 7) is 1.49. The lowest BCUT2D eigenvalue weighted by Crippen LogP contribution is -2.29. The van der Waals surface area contributed by atoms with E-state index in [2.05, 4.69) is 5.32 Å². The molecule has 0 fully saturated rings. The summed E-state index contributed by atoms with van der Waals surface area (Å²) in [7, 11) is 4.55. The van der Waals surface area contributed by atoms with Gasteiger partial charge in [-0.05, 0) is 31.2 Å². The number of ether oxygens (including phenoxy) is 4. The van der Waals surface area contributed by atoms with Crippen molar-refractivity contribution in [1.29, 1.82) is 0 Å². The van der Waals surface area contributed by atoms with Gasteiger partial charge in [-0.15, -0.1) is 0 Å². The van der Waals surface area contributed by atoms with Crippen LogP contribution in [0.3, 0.4) is 0 Å². The molecule has 1 atom stereocenters. The minimum atomic E-state index is -0.991. The Hall–Kier alpha value is -3.48. The summed E-state index contributed by atoms with van der Waals surface area (Å²) in [4.78, 5) is 24.3. The molecule has 1 N–H and O–H groups in total. The first-order valence-electron chi connectivity index (χ1n) is 8.53. The molecule has 1 amide bonds. The third-order valence-corrected chi connectivity index (χ3v) is 3.86. The SMILES string of the molecule is COc1ccccc1NC(=O)[C@@H](C)OC(=O)/C=C/c1cccc(OC)c1OC. The van der Waals surface area contributed by atoms with Crippen molar-refractivity contribution >= 4 is 23.6 Å². The highest BCUT2D eigenvalue weighted by Crippen LogP contribution is 2.31. The average molecular weight is 385 g/mol. The third kappa shape index (κ3) is 5.26. The van der Waals surface area contributed by atoms with Crippen molar-refractivity contribution in [3.05, 3.63) is 54.1 Å². The van der Waals surface area contributed by atoms with E-state index in [4.69, 9.17) is 18.9 Å². The van der Waals surface area contributed by atoms with Crippen LogP contribution in [0.1, 0.15) is 12.5 Å². The maximum absolute atomic E-state index is 12.3. The number of anilines is 1. The van der Waals surface area contributed by atoms with E-state index >= 15 is 0 Å². The molecule has 0 aromatic heterocycles. The molecule has 0 aliphatic rings. The van der Waals surface area contributed by atoms with Gasteiger partial charge in [0.1, 0.15) is 5.75 Å². The second-order valence-electron chi connectivity index (χ2n) is 5.68. The molecule has 0 saturated carbocycles. The monoisotopic (exact) mass is 385 g/mol. The zero-order valence-electron chi connectivity index (χ0n) is 16.2.